The number of rotatable bonds is 8. The van der Waals surface area contributed by atoms with Crippen LogP contribution < -0.4 is 15.4 Å². The van der Waals surface area contributed by atoms with E-state index in [4.69, 9.17) is 0 Å². The highest BCUT2D eigenvalue weighted by Gasteiger charge is 2.25. The van der Waals surface area contributed by atoms with Gasteiger partial charge < -0.3 is 10.6 Å². The third-order valence-corrected chi connectivity index (χ3v) is 6.18. The Bertz CT molecular complexity index is 1230. The van der Waals surface area contributed by atoms with E-state index in [0.717, 1.165) is 0 Å². The first-order valence-corrected chi connectivity index (χ1v) is 11.7. The molecule has 1 atom stereocenters. The molecule has 3 rings (SSSR count). The van der Waals surface area contributed by atoms with E-state index in [1.54, 1.807) is 50.2 Å². The molecule has 3 aromatic carbocycles. The average Bonchev–Trinajstić information content (AvgIpc) is 2.78. The van der Waals surface area contributed by atoms with Crippen molar-refractivity contribution >= 4 is 33.2 Å². The van der Waals surface area contributed by atoms with Crippen molar-refractivity contribution in [2.24, 2.45) is 5.92 Å². The van der Waals surface area contributed by atoms with E-state index in [2.05, 4.69) is 15.4 Å². The largest absolute Gasteiger partial charge is 0.340 e. The van der Waals surface area contributed by atoms with Gasteiger partial charge in [-0.2, -0.15) is 0 Å². The summed E-state index contributed by atoms with van der Waals surface area (Å²) < 4.78 is 40.7. The molecule has 0 saturated heterocycles. The fourth-order valence-electron chi connectivity index (χ4n) is 3.05. The molecule has 0 fully saturated rings. The van der Waals surface area contributed by atoms with Crippen molar-refractivity contribution in [3.05, 3.63) is 90.2 Å². The highest BCUT2D eigenvalue weighted by Crippen LogP contribution is 2.20. The Morgan fingerprint density at radius 2 is 1.48 bits per heavy atom. The first kappa shape index (κ1) is 23.9. The summed E-state index contributed by atoms with van der Waals surface area (Å²) in [7, 11) is -3.78. The van der Waals surface area contributed by atoms with Crippen LogP contribution in [-0.4, -0.2) is 26.3 Å². The molecule has 172 valence electrons. The molecule has 7 nitrogen and oxygen atoms in total. The maximum absolute atomic E-state index is 13.1. The van der Waals surface area contributed by atoms with Gasteiger partial charge in [-0.15, -0.1) is 0 Å². The summed E-state index contributed by atoms with van der Waals surface area (Å²) in [5, 5.41) is 5.37. The number of carbonyl (C=O) groups excluding carboxylic acids is 2. The molecule has 0 aliphatic heterocycles. The Labute approximate surface area is 192 Å². The zero-order valence-corrected chi connectivity index (χ0v) is 18.9. The second-order valence-corrected chi connectivity index (χ2v) is 9.37. The average molecular weight is 470 g/mol. The maximum Gasteiger partial charge on any atom is 0.261 e. The van der Waals surface area contributed by atoms with Crippen LogP contribution in [0.25, 0.3) is 0 Å². The first-order valence-electron chi connectivity index (χ1n) is 10.2. The van der Waals surface area contributed by atoms with Crippen molar-refractivity contribution in [1.29, 1.82) is 0 Å². The standard InChI is InChI=1S/C24H24FN3O4S/c1-16(2)22(27-23(29)17-11-13-18(25)14-12-17)24(30)26-19-7-6-8-20(15-19)28-33(31,32)21-9-4-3-5-10-21/h3-16,22,28H,1-2H3,(H,26,30)(H,27,29). The highest BCUT2D eigenvalue weighted by atomic mass is 32.2. The van der Waals surface area contributed by atoms with Gasteiger partial charge in [0, 0.05) is 11.3 Å². The molecule has 1 unspecified atom stereocenters. The molecule has 0 bridgehead atoms. The molecule has 2 amide bonds. The normalized spacial score (nSPS) is 12.1. The minimum absolute atomic E-state index is 0.114. The van der Waals surface area contributed by atoms with Gasteiger partial charge >= 0.3 is 0 Å². The van der Waals surface area contributed by atoms with E-state index >= 15 is 0 Å². The summed E-state index contributed by atoms with van der Waals surface area (Å²) in [5.41, 5.74) is 0.857. The molecule has 0 aromatic heterocycles. The zero-order chi connectivity index (χ0) is 24.0. The Hall–Kier alpha value is -3.72. The Morgan fingerprint density at radius 1 is 0.848 bits per heavy atom. The van der Waals surface area contributed by atoms with Crippen molar-refractivity contribution in [3.63, 3.8) is 0 Å². The Morgan fingerprint density at radius 3 is 2.12 bits per heavy atom. The van der Waals surface area contributed by atoms with E-state index in [9.17, 15) is 22.4 Å². The fraction of sp³-hybridized carbons (Fsp3) is 0.167. The number of benzene rings is 3. The second kappa shape index (κ2) is 10.3. The molecule has 9 heteroatoms. The van der Waals surface area contributed by atoms with Crippen molar-refractivity contribution in [2.75, 3.05) is 10.0 Å². The van der Waals surface area contributed by atoms with Crippen LogP contribution in [0.3, 0.4) is 0 Å². The zero-order valence-electron chi connectivity index (χ0n) is 18.1. The number of amides is 2. The smallest absolute Gasteiger partial charge is 0.261 e. The molecular weight excluding hydrogens is 445 g/mol. The van der Waals surface area contributed by atoms with Gasteiger partial charge in [0.25, 0.3) is 15.9 Å². The second-order valence-electron chi connectivity index (χ2n) is 7.69. The van der Waals surface area contributed by atoms with Crippen molar-refractivity contribution in [3.8, 4) is 0 Å². The monoisotopic (exact) mass is 469 g/mol. The molecule has 0 heterocycles. The summed E-state index contributed by atoms with van der Waals surface area (Å²) >= 11 is 0. The SMILES string of the molecule is CC(C)C(NC(=O)c1ccc(F)cc1)C(=O)Nc1cccc(NS(=O)(=O)c2ccccc2)c1. The summed E-state index contributed by atoms with van der Waals surface area (Å²) in [5.74, 6) is -1.68. The van der Waals surface area contributed by atoms with E-state index in [1.165, 1.54) is 42.5 Å². The van der Waals surface area contributed by atoms with E-state index in [0.29, 0.717) is 5.69 Å². The minimum atomic E-state index is -3.78. The third kappa shape index (κ3) is 6.39. The fourth-order valence-corrected chi connectivity index (χ4v) is 4.13. The first-order chi connectivity index (χ1) is 15.7. The number of sulfonamides is 1. The predicted octanol–water partition coefficient (Wildman–Crippen LogP) is 4.02. The van der Waals surface area contributed by atoms with Crippen molar-refractivity contribution in [2.45, 2.75) is 24.8 Å². The molecule has 3 aromatic rings. The minimum Gasteiger partial charge on any atom is -0.340 e. The number of hydrogen-bond acceptors (Lipinski definition) is 4. The van der Waals surface area contributed by atoms with Gasteiger partial charge in [-0.3, -0.25) is 14.3 Å². The molecule has 3 N–H and O–H groups in total. The van der Waals surface area contributed by atoms with Gasteiger partial charge in [-0.05, 0) is 60.5 Å². The lowest BCUT2D eigenvalue weighted by Gasteiger charge is -2.22. The molecular formula is C24H24FN3O4S. The number of halogens is 1. The Balaban J connectivity index is 1.71. The van der Waals surface area contributed by atoms with Crippen LogP contribution >= 0.6 is 0 Å². The van der Waals surface area contributed by atoms with Crippen molar-refractivity contribution < 1.29 is 22.4 Å². The predicted molar refractivity (Wildman–Crippen MR) is 125 cm³/mol. The summed E-state index contributed by atoms with van der Waals surface area (Å²) in [6.45, 7) is 3.55. The van der Waals surface area contributed by atoms with E-state index < -0.39 is 33.7 Å². The van der Waals surface area contributed by atoms with Crippen LogP contribution in [0, 0.1) is 11.7 Å². The Kier molecular flexibility index (Phi) is 7.44. The van der Waals surface area contributed by atoms with E-state index in [1.807, 2.05) is 0 Å². The van der Waals surface area contributed by atoms with Crippen LogP contribution in [-0.2, 0) is 14.8 Å². The number of carbonyl (C=O) groups is 2. The summed E-state index contributed by atoms with van der Waals surface area (Å²) in [4.78, 5) is 25.5. The van der Waals surface area contributed by atoms with Crippen LogP contribution in [0.5, 0.6) is 0 Å². The van der Waals surface area contributed by atoms with Crippen LogP contribution in [0.4, 0.5) is 15.8 Å². The number of anilines is 2. The number of hydrogen-bond donors (Lipinski definition) is 3. The van der Waals surface area contributed by atoms with Gasteiger partial charge in [0.05, 0.1) is 10.6 Å². The quantitative estimate of drug-likeness (QED) is 0.463. The molecule has 33 heavy (non-hydrogen) atoms. The molecule has 0 aliphatic carbocycles. The third-order valence-electron chi connectivity index (χ3n) is 4.78. The van der Waals surface area contributed by atoms with Crippen LogP contribution in [0.1, 0.15) is 24.2 Å². The van der Waals surface area contributed by atoms with Gasteiger partial charge in [0.1, 0.15) is 11.9 Å². The van der Waals surface area contributed by atoms with Crippen LogP contribution in [0.15, 0.2) is 83.8 Å². The lowest BCUT2D eigenvalue weighted by Crippen LogP contribution is -2.47. The van der Waals surface area contributed by atoms with Crippen LogP contribution in [0.2, 0.25) is 0 Å². The van der Waals surface area contributed by atoms with E-state index in [-0.39, 0.29) is 22.1 Å². The molecule has 0 aliphatic rings. The molecule has 0 radical (unpaired) electrons. The number of nitrogens with one attached hydrogen (secondary N) is 3. The summed E-state index contributed by atoms with van der Waals surface area (Å²) in [6.07, 6.45) is 0. The molecule has 0 spiro atoms. The van der Waals surface area contributed by atoms with Gasteiger partial charge in [0.15, 0.2) is 0 Å². The lowest BCUT2D eigenvalue weighted by molar-refractivity contribution is -0.118. The lowest BCUT2D eigenvalue weighted by atomic mass is 10.0. The van der Waals surface area contributed by atoms with Gasteiger partial charge in [-0.1, -0.05) is 38.1 Å². The highest BCUT2D eigenvalue weighted by molar-refractivity contribution is 7.92. The maximum atomic E-state index is 13.1. The molecule has 0 saturated carbocycles. The topological polar surface area (TPSA) is 104 Å². The van der Waals surface area contributed by atoms with Crippen molar-refractivity contribution in [1.82, 2.24) is 5.32 Å². The summed E-state index contributed by atoms with van der Waals surface area (Å²) in [6, 6.07) is 18.3. The van der Waals surface area contributed by atoms with Gasteiger partial charge in [-0.25, -0.2) is 12.8 Å². The van der Waals surface area contributed by atoms with Gasteiger partial charge in [0.2, 0.25) is 5.91 Å².